The average molecular weight is 300 g/mol. The van der Waals surface area contributed by atoms with Crippen LogP contribution in [0.25, 0.3) is 0 Å². The normalized spacial score (nSPS) is 27.0. The van der Waals surface area contributed by atoms with Crippen LogP contribution in [0.1, 0.15) is 40.0 Å². The number of carbonyl (C=O) groups is 3. The predicted molar refractivity (Wildman–Crippen MR) is 75.9 cm³/mol. The molecule has 3 N–H and O–H groups in total. The molecule has 7 heteroatoms. The molecule has 120 valence electrons. The molecule has 2 amide bonds. The van der Waals surface area contributed by atoms with Crippen molar-refractivity contribution in [3.8, 4) is 0 Å². The van der Waals surface area contributed by atoms with Gasteiger partial charge in [0.15, 0.2) is 0 Å². The number of hydrogen-bond donors (Lipinski definition) is 3. The highest BCUT2D eigenvalue weighted by Gasteiger charge is 2.33. The molecule has 21 heavy (non-hydrogen) atoms. The van der Waals surface area contributed by atoms with Crippen LogP contribution in [0.15, 0.2) is 0 Å². The van der Waals surface area contributed by atoms with Gasteiger partial charge in [0.2, 0.25) is 0 Å². The molecule has 0 spiro atoms. The van der Waals surface area contributed by atoms with E-state index in [1.54, 1.807) is 4.90 Å². The second-order valence-corrected chi connectivity index (χ2v) is 5.98. The molecule has 1 fully saturated rings. The summed E-state index contributed by atoms with van der Waals surface area (Å²) in [5.41, 5.74) is 0. The Kier molecular flexibility index (Phi) is 5.99. The quantitative estimate of drug-likeness (QED) is 0.711. The fourth-order valence-electron chi connectivity index (χ4n) is 2.74. The zero-order chi connectivity index (χ0) is 16.2. The summed E-state index contributed by atoms with van der Waals surface area (Å²) in [7, 11) is 0. The highest BCUT2D eigenvalue weighted by Crippen LogP contribution is 2.26. The third kappa shape index (κ3) is 4.91. The standard InChI is InChI=1S/C14H24N2O5/c1-8-6-9(2)10(3)16(7-8)14(21)15-11(13(19)20)4-5-12(17)18/h8-11H,4-7H2,1-3H3,(H,15,21)(H,17,18)(H,19,20). The molecular formula is C14H24N2O5. The first-order valence-electron chi connectivity index (χ1n) is 7.24. The first kappa shape index (κ1) is 17.3. The third-order valence-electron chi connectivity index (χ3n) is 4.10. The van der Waals surface area contributed by atoms with Crippen molar-refractivity contribution in [1.29, 1.82) is 0 Å². The van der Waals surface area contributed by atoms with Gasteiger partial charge in [0.1, 0.15) is 6.04 Å². The maximum atomic E-state index is 12.3. The van der Waals surface area contributed by atoms with E-state index in [1.165, 1.54) is 0 Å². The number of nitrogens with one attached hydrogen (secondary N) is 1. The Bertz CT molecular complexity index is 412. The van der Waals surface area contributed by atoms with E-state index in [4.69, 9.17) is 10.2 Å². The Labute approximate surface area is 124 Å². The lowest BCUT2D eigenvalue weighted by molar-refractivity contribution is -0.140. The van der Waals surface area contributed by atoms with Crippen molar-refractivity contribution in [2.75, 3.05) is 6.54 Å². The van der Waals surface area contributed by atoms with Gasteiger partial charge >= 0.3 is 18.0 Å². The summed E-state index contributed by atoms with van der Waals surface area (Å²) < 4.78 is 0. The lowest BCUT2D eigenvalue weighted by Gasteiger charge is -2.41. The smallest absolute Gasteiger partial charge is 0.326 e. The van der Waals surface area contributed by atoms with Crippen LogP contribution in [0.2, 0.25) is 0 Å². The van der Waals surface area contributed by atoms with Crippen LogP contribution in [0.3, 0.4) is 0 Å². The SMILES string of the molecule is CC1CC(C)C(C)N(C(=O)NC(CCC(=O)O)C(=O)O)C1. The number of carbonyl (C=O) groups excluding carboxylic acids is 1. The Balaban J connectivity index is 2.67. The van der Waals surface area contributed by atoms with Crippen LogP contribution in [0.5, 0.6) is 0 Å². The molecule has 0 radical (unpaired) electrons. The topological polar surface area (TPSA) is 107 Å². The lowest BCUT2D eigenvalue weighted by Crippen LogP contribution is -2.55. The Morgan fingerprint density at radius 1 is 1.24 bits per heavy atom. The minimum atomic E-state index is -1.21. The van der Waals surface area contributed by atoms with E-state index in [0.29, 0.717) is 18.4 Å². The van der Waals surface area contributed by atoms with Crippen LogP contribution in [-0.4, -0.2) is 51.7 Å². The molecule has 1 heterocycles. The molecule has 1 aliphatic rings. The molecule has 1 rings (SSSR count). The number of nitrogens with zero attached hydrogens (tertiary/aromatic N) is 1. The van der Waals surface area contributed by atoms with Crippen molar-refractivity contribution >= 4 is 18.0 Å². The number of piperidine rings is 1. The molecule has 1 aliphatic heterocycles. The second-order valence-electron chi connectivity index (χ2n) is 5.98. The molecule has 0 aromatic rings. The summed E-state index contributed by atoms with van der Waals surface area (Å²) in [4.78, 5) is 35.6. The Hall–Kier alpha value is -1.79. The van der Waals surface area contributed by atoms with Gasteiger partial charge in [0.05, 0.1) is 0 Å². The number of rotatable bonds is 5. The number of hydrogen-bond acceptors (Lipinski definition) is 3. The summed E-state index contributed by atoms with van der Waals surface area (Å²) in [5.74, 6) is -1.58. The van der Waals surface area contributed by atoms with Gasteiger partial charge in [-0.3, -0.25) is 4.79 Å². The van der Waals surface area contributed by atoms with E-state index in [1.807, 2.05) is 6.92 Å². The predicted octanol–water partition coefficient (Wildman–Crippen LogP) is 1.38. The van der Waals surface area contributed by atoms with Crippen molar-refractivity contribution < 1.29 is 24.6 Å². The van der Waals surface area contributed by atoms with Crippen molar-refractivity contribution in [1.82, 2.24) is 10.2 Å². The summed E-state index contributed by atoms with van der Waals surface area (Å²) in [5, 5.41) is 20.1. The Morgan fingerprint density at radius 3 is 2.38 bits per heavy atom. The van der Waals surface area contributed by atoms with Gasteiger partial charge in [0.25, 0.3) is 0 Å². The molecule has 1 saturated heterocycles. The highest BCUT2D eigenvalue weighted by molar-refractivity contribution is 5.83. The van der Waals surface area contributed by atoms with Gasteiger partial charge in [-0.15, -0.1) is 0 Å². The first-order valence-corrected chi connectivity index (χ1v) is 7.24. The van der Waals surface area contributed by atoms with Gasteiger partial charge in [0, 0.05) is 19.0 Å². The molecular weight excluding hydrogens is 276 g/mol. The molecule has 0 bridgehead atoms. The molecule has 0 aromatic carbocycles. The minimum Gasteiger partial charge on any atom is -0.481 e. The van der Waals surface area contributed by atoms with Gasteiger partial charge in [-0.1, -0.05) is 13.8 Å². The van der Waals surface area contributed by atoms with E-state index >= 15 is 0 Å². The van der Waals surface area contributed by atoms with Crippen molar-refractivity contribution in [3.63, 3.8) is 0 Å². The van der Waals surface area contributed by atoms with Crippen molar-refractivity contribution in [3.05, 3.63) is 0 Å². The maximum absolute atomic E-state index is 12.3. The fraction of sp³-hybridized carbons (Fsp3) is 0.786. The summed E-state index contributed by atoms with van der Waals surface area (Å²) in [6, 6.07) is -1.57. The molecule has 4 unspecified atom stereocenters. The van der Waals surface area contributed by atoms with Crippen LogP contribution in [0.4, 0.5) is 4.79 Å². The average Bonchev–Trinajstić information content (AvgIpc) is 2.37. The number of amides is 2. The fourth-order valence-corrected chi connectivity index (χ4v) is 2.74. The van der Waals surface area contributed by atoms with Gasteiger partial charge < -0.3 is 20.4 Å². The number of aliphatic carboxylic acids is 2. The van der Waals surface area contributed by atoms with Crippen LogP contribution in [-0.2, 0) is 9.59 Å². The van der Waals surface area contributed by atoms with Crippen LogP contribution < -0.4 is 5.32 Å². The van der Waals surface area contributed by atoms with Crippen molar-refractivity contribution in [2.45, 2.75) is 52.1 Å². The molecule has 0 aliphatic carbocycles. The largest absolute Gasteiger partial charge is 0.481 e. The molecule has 0 saturated carbocycles. The number of carboxylic acids is 2. The van der Waals surface area contributed by atoms with Crippen molar-refractivity contribution in [2.24, 2.45) is 11.8 Å². The van der Waals surface area contributed by atoms with E-state index < -0.39 is 24.0 Å². The monoisotopic (exact) mass is 300 g/mol. The minimum absolute atomic E-state index is 0.0371. The van der Waals surface area contributed by atoms with E-state index in [2.05, 4.69) is 19.2 Å². The zero-order valence-electron chi connectivity index (χ0n) is 12.7. The zero-order valence-corrected chi connectivity index (χ0v) is 12.7. The van der Waals surface area contributed by atoms with Gasteiger partial charge in [-0.05, 0) is 31.6 Å². The van der Waals surface area contributed by atoms with E-state index in [9.17, 15) is 14.4 Å². The van der Waals surface area contributed by atoms with E-state index in [0.717, 1.165) is 6.42 Å². The Morgan fingerprint density at radius 2 is 1.86 bits per heavy atom. The summed E-state index contributed by atoms with van der Waals surface area (Å²) in [6.45, 7) is 6.66. The summed E-state index contributed by atoms with van der Waals surface area (Å²) >= 11 is 0. The highest BCUT2D eigenvalue weighted by atomic mass is 16.4. The van der Waals surface area contributed by atoms with Crippen LogP contribution in [0, 0.1) is 11.8 Å². The second kappa shape index (κ2) is 7.28. The molecule has 7 nitrogen and oxygen atoms in total. The maximum Gasteiger partial charge on any atom is 0.326 e. The molecule has 0 aromatic heterocycles. The first-order chi connectivity index (χ1) is 9.72. The number of likely N-dealkylation sites (tertiary alicyclic amines) is 1. The summed E-state index contributed by atoms with van der Waals surface area (Å²) in [6.07, 6.45) is 0.621. The number of urea groups is 1. The molecule has 4 atom stereocenters. The van der Waals surface area contributed by atoms with Gasteiger partial charge in [-0.2, -0.15) is 0 Å². The van der Waals surface area contributed by atoms with Gasteiger partial charge in [-0.25, -0.2) is 9.59 Å². The number of carboxylic acid groups (broad SMARTS) is 2. The lowest BCUT2D eigenvalue weighted by atomic mass is 9.86. The third-order valence-corrected chi connectivity index (χ3v) is 4.10. The van der Waals surface area contributed by atoms with Crippen LogP contribution >= 0.6 is 0 Å². The van der Waals surface area contributed by atoms with E-state index in [-0.39, 0.29) is 18.9 Å².